The Morgan fingerprint density at radius 2 is 1.66 bits per heavy atom. The Morgan fingerprint density at radius 1 is 0.971 bits per heavy atom. The van der Waals surface area contributed by atoms with Crippen LogP contribution in [0.15, 0.2) is 53.3 Å². The standard InChI is InChI=1S/C26H27N5O4/c1-5-14-30-25(33)21-9-7-6-8-20(21)24(29-30)26(34)35-15-22(32)27-23-17(3)28-31(18(23)4)19-12-10-16(2)11-13-19/h6-13H,5,14-15H2,1-4H3,(H,27,32). The summed E-state index contributed by atoms with van der Waals surface area (Å²) in [5, 5.41) is 12.3. The number of amides is 1. The maximum atomic E-state index is 12.8. The summed E-state index contributed by atoms with van der Waals surface area (Å²) < 4.78 is 8.28. The Balaban J connectivity index is 1.51. The molecule has 0 fully saturated rings. The molecule has 180 valence electrons. The zero-order valence-electron chi connectivity index (χ0n) is 20.2. The molecule has 4 rings (SSSR count). The Kier molecular flexibility index (Phi) is 6.77. The highest BCUT2D eigenvalue weighted by molar-refractivity contribution is 6.03. The van der Waals surface area contributed by atoms with Gasteiger partial charge in [0.15, 0.2) is 12.3 Å². The second kappa shape index (κ2) is 9.92. The minimum absolute atomic E-state index is 0.000928. The van der Waals surface area contributed by atoms with Gasteiger partial charge in [-0.25, -0.2) is 14.2 Å². The van der Waals surface area contributed by atoms with Gasteiger partial charge in [-0.15, -0.1) is 0 Å². The highest BCUT2D eigenvalue weighted by Crippen LogP contribution is 2.23. The van der Waals surface area contributed by atoms with Gasteiger partial charge in [-0.05, 0) is 45.4 Å². The van der Waals surface area contributed by atoms with Crippen molar-refractivity contribution < 1.29 is 14.3 Å². The van der Waals surface area contributed by atoms with E-state index in [1.54, 1.807) is 35.9 Å². The van der Waals surface area contributed by atoms with Crippen molar-refractivity contribution in [2.75, 3.05) is 11.9 Å². The van der Waals surface area contributed by atoms with Gasteiger partial charge in [-0.1, -0.05) is 42.8 Å². The molecule has 0 saturated heterocycles. The molecule has 35 heavy (non-hydrogen) atoms. The second-order valence-electron chi connectivity index (χ2n) is 8.34. The van der Waals surface area contributed by atoms with Gasteiger partial charge in [0.05, 0.1) is 28.1 Å². The van der Waals surface area contributed by atoms with Crippen LogP contribution in [0.4, 0.5) is 5.69 Å². The number of hydrogen-bond acceptors (Lipinski definition) is 6. The summed E-state index contributed by atoms with van der Waals surface area (Å²) in [6.07, 6.45) is 0.678. The van der Waals surface area contributed by atoms with E-state index in [9.17, 15) is 14.4 Å². The summed E-state index contributed by atoms with van der Waals surface area (Å²) in [7, 11) is 0. The van der Waals surface area contributed by atoms with E-state index < -0.39 is 18.5 Å². The predicted molar refractivity (Wildman–Crippen MR) is 133 cm³/mol. The summed E-state index contributed by atoms with van der Waals surface area (Å²) in [5.41, 5.74) is 3.70. The minimum Gasteiger partial charge on any atom is -0.451 e. The third-order valence-corrected chi connectivity index (χ3v) is 5.67. The number of nitrogens with zero attached hydrogens (tertiary/aromatic N) is 4. The lowest BCUT2D eigenvalue weighted by atomic mass is 10.1. The normalized spacial score (nSPS) is 11.0. The van der Waals surface area contributed by atoms with E-state index in [0.29, 0.717) is 35.1 Å². The highest BCUT2D eigenvalue weighted by Gasteiger charge is 2.20. The first-order chi connectivity index (χ1) is 16.8. The molecule has 0 aliphatic heterocycles. The van der Waals surface area contributed by atoms with Gasteiger partial charge in [0.25, 0.3) is 11.5 Å². The molecule has 0 aliphatic carbocycles. The fraction of sp³-hybridized carbons (Fsp3) is 0.269. The number of fused-ring (bicyclic) bond motifs is 1. The molecule has 0 spiro atoms. The largest absolute Gasteiger partial charge is 0.451 e. The molecule has 2 aromatic heterocycles. The van der Waals surface area contributed by atoms with E-state index in [0.717, 1.165) is 16.9 Å². The van der Waals surface area contributed by atoms with Crippen LogP contribution in [0.5, 0.6) is 0 Å². The van der Waals surface area contributed by atoms with Gasteiger partial charge in [-0.3, -0.25) is 9.59 Å². The van der Waals surface area contributed by atoms with Crippen molar-refractivity contribution in [3.8, 4) is 5.69 Å². The van der Waals surface area contributed by atoms with Crippen molar-refractivity contribution in [1.29, 1.82) is 0 Å². The molecule has 0 saturated carbocycles. The van der Waals surface area contributed by atoms with E-state index in [4.69, 9.17) is 4.74 Å². The van der Waals surface area contributed by atoms with Gasteiger partial charge >= 0.3 is 5.97 Å². The Morgan fingerprint density at radius 3 is 2.34 bits per heavy atom. The maximum absolute atomic E-state index is 12.8. The van der Waals surface area contributed by atoms with E-state index in [1.807, 2.05) is 45.0 Å². The van der Waals surface area contributed by atoms with Crippen LogP contribution in [0.25, 0.3) is 16.5 Å². The molecule has 2 heterocycles. The third-order valence-electron chi connectivity index (χ3n) is 5.67. The van der Waals surface area contributed by atoms with Crippen molar-refractivity contribution in [3.63, 3.8) is 0 Å². The van der Waals surface area contributed by atoms with Crippen molar-refractivity contribution in [2.45, 2.75) is 40.7 Å². The number of aryl methyl sites for hydroxylation is 3. The molecular formula is C26H27N5O4. The first-order valence-corrected chi connectivity index (χ1v) is 11.4. The summed E-state index contributed by atoms with van der Waals surface area (Å²) in [6.45, 7) is 7.44. The predicted octanol–water partition coefficient (Wildman–Crippen LogP) is 3.71. The molecule has 0 aliphatic rings. The summed E-state index contributed by atoms with van der Waals surface area (Å²) in [5.74, 6) is -1.27. The van der Waals surface area contributed by atoms with Crippen LogP contribution >= 0.6 is 0 Å². The fourth-order valence-corrected chi connectivity index (χ4v) is 3.89. The first kappa shape index (κ1) is 23.9. The van der Waals surface area contributed by atoms with Gasteiger partial charge in [0, 0.05) is 11.9 Å². The van der Waals surface area contributed by atoms with E-state index in [-0.39, 0.29) is 11.3 Å². The highest BCUT2D eigenvalue weighted by atomic mass is 16.5. The lowest BCUT2D eigenvalue weighted by Crippen LogP contribution is -2.27. The lowest BCUT2D eigenvalue weighted by Gasteiger charge is -2.11. The third kappa shape index (κ3) is 4.84. The molecule has 4 aromatic rings. The number of aromatic nitrogens is 4. The van der Waals surface area contributed by atoms with E-state index in [1.165, 1.54) is 4.68 Å². The average molecular weight is 474 g/mol. The number of rotatable bonds is 7. The van der Waals surface area contributed by atoms with Crippen molar-refractivity contribution >= 4 is 28.3 Å². The fourth-order valence-electron chi connectivity index (χ4n) is 3.89. The van der Waals surface area contributed by atoms with Crippen molar-refractivity contribution in [3.05, 3.63) is 81.5 Å². The molecular weight excluding hydrogens is 446 g/mol. The van der Waals surface area contributed by atoms with Gasteiger partial charge in [-0.2, -0.15) is 10.2 Å². The zero-order valence-corrected chi connectivity index (χ0v) is 20.2. The number of hydrogen-bond donors (Lipinski definition) is 1. The van der Waals surface area contributed by atoms with Crippen LogP contribution in [0.3, 0.4) is 0 Å². The monoisotopic (exact) mass is 473 g/mol. The number of carbonyl (C=O) groups is 2. The summed E-state index contributed by atoms with van der Waals surface area (Å²) >= 11 is 0. The van der Waals surface area contributed by atoms with E-state index >= 15 is 0 Å². The minimum atomic E-state index is -0.773. The molecule has 1 amide bonds. The zero-order chi connectivity index (χ0) is 25.1. The van der Waals surface area contributed by atoms with Gasteiger partial charge in [0.1, 0.15) is 0 Å². The van der Waals surface area contributed by atoms with Gasteiger partial charge in [0.2, 0.25) is 0 Å². The summed E-state index contributed by atoms with van der Waals surface area (Å²) in [4.78, 5) is 38.1. The SMILES string of the molecule is CCCn1nc(C(=O)OCC(=O)Nc2c(C)nn(-c3ccc(C)cc3)c2C)c2ccccc2c1=O. The topological polar surface area (TPSA) is 108 Å². The number of ether oxygens (including phenoxy) is 1. The van der Waals surface area contributed by atoms with E-state index in [2.05, 4.69) is 15.5 Å². The Bertz CT molecular complexity index is 1470. The van der Waals surface area contributed by atoms with Crippen molar-refractivity contribution in [2.24, 2.45) is 0 Å². The molecule has 9 heteroatoms. The Labute approximate surface area is 202 Å². The van der Waals surface area contributed by atoms with Gasteiger partial charge < -0.3 is 10.1 Å². The number of carbonyl (C=O) groups excluding carboxylic acids is 2. The molecule has 0 atom stereocenters. The molecule has 0 bridgehead atoms. The van der Waals surface area contributed by atoms with Crippen LogP contribution in [-0.2, 0) is 16.1 Å². The molecule has 2 aromatic carbocycles. The van der Waals surface area contributed by atoms with Crippen LogP contribution in [0.2, 0.25) is 0 Å². The molecule has 1 N–H and O–H groups in total. The van der Waals surface area contributed by atoms with Crippen LogP contribution < -0.4 is 10.9 Å². The van der Waals surface area contributed by atoms with Crippen LogP contribution in [0, 0.1) is 20.8 Å². The smallest absolute Gasteiger partial charge is 0.359 e. The Hall–Kier alpha value is -4.27. The van der Waals surface area contributed by atoms with Crippen LogP contribution in [-0.4, -0.2) is 38.0 Å². The molecule has 0 radical (unpaired) electrons. The summed E-state index contributed by atoms with van der Waals surface area (Å²) in [6, 6.07) is 14.6. The average Bonchev–Trinajstić information content (AvgIpc) is 3.13. The quantitative estimate of drug-likeness (QED) is 0.410. The number of anilines is 1. The second-order valence-corrected chi connectivity index (χ2v) is 8.34. The number of nitrogens with one attached hydrogen (secondary N) is 1. The van der Waals surface area contributed by atoms with Crippen molar-refractivity contribution in [1.82, 2.24) is 19.6 Å². The maximum Gasteiger partial charge on any atom is 0.359 e. The number of esters is 1. The lowest BCUT2D eigenvalue weighted by molar-refractivity contribution is -0.119. The van der Waals surface area contributed by atoms with Crippen LogP contribution in [0.1, 0.15) is 40.8 Å². The number of benzene rings is 2. The molecule has 9 nitrogen and oxygen atoms in total. The molecule has 0 unspecified atom stereocenters. The first-order valence-electron chi connectivity index (χ1n) is 11.4.